The van der Waals surface area contributed by atoms with Crippen LogP contribution in [0.25, 0.3) is 0 Å². The van der Waals surface area contributed by atoms with Crippen molar-refractivity contribution in [3.63, 3.8) is 0 Å². The number of carbonyl (C=O) groups excluding carboxylic acids is 1. The van der Waals surface area contributed by atoms with Gasteiger partial charge in [0.1, 0.15) is 5.75 Å². The van der Waals surface area contributed by atoms with Crippen LogP contribution in [0.5, 0.6) is 5.75 Å². The molecule has 0 unspecified atom stereocenters. The number of carbonyl (C=O) groups is 1. The lowest BCUT2D eigenvalue weighted by Crippen LogP contribution is -2.41. The Bertz CT molecular complexity index is 943. The molecule has 2 N–H and O–H groups in total. The van der Waals surface area contributed by atoms with Crippen molar-refractivity contribution in [3.05, 3.63) is 54.1 Å². The van der Waals surface area contributed by atoms with Crippen molar-refractivity contribution in [3.8, 4) is 5.75 Å². The topological polar surface area (TPSA) is 84.5 Å². The van der Waals surface area contributed by atoms with Crippen LogP contribution in [0.4, 0.5) is 5.69 Å². The minimum Gasteiger partial charge on any atom is -0.495 e. The molecular formula is C21H26N2O4S. The third-order valence-electron chi connectivity index (χ3n) is 5.19. The predicted molar refractivity (Wildman–Crippen MR) is 109 cm³/mol. The largest absolute Gasteiger partial charge is 0.495 e. The maximum Gasteiger partial charge on any atom is 0.262 e. The summed E-state index contributed by atoms with van der Waals surface area (Å²) in [6.45, 7) is 2.14. The number of rotatable bonds is 6. The third-order valence-corrected chi connectivity index (χ3v) is 6.55. The fourth-order valence-electron chi connectivity index (χ4n) is 3.52. The van der Waals surface area contributed by atoms with Crippen LogP contribution in [-0.2, 0) is 10.0 Å². The van der Waals surface area contributed by atoms with Gasteiger partial charge in [0.25, 0.3) is 15.9 Å². The Morgan fingerprint density at radius 3 is 2.57 bits per heavy atom. The number of sulfonamides is 1. The fourth-order valence-corrected chi connectivity index (χ4v) is 4.64. The van der Waals surface area contributed by atoms with E-state index in [1.165, 1.54) is 25.7 Å². The molecular weight excluding hydrogens is 376 g/mol. The van der Waals surface area contributed by atoms with Gasteiger partial charge in [-0.2, -0.15) is 0 Å². The van der Waals surface area contributed by atoms with Gasteiger partial charge >= 0.3 is 0 Å². The van der Waals surface area contributed by atoms with Gasteiger partial charge in [-0.15, -0.1) is 0 Å². The summed E-state index contributed by atoms with van der Waals surface area (Å²) in [6, 6.07) is 13.0. The zero-order valence-corrected chi connectivity index (χ0v) is 17.0. The first-order valence-corrected chi connectivity index (χ1v) is 11.0. The van der Waals surface area contributed by atoms with E-state index in [9.17, 15) is 13.2 Å². The van der Waals surface area contributed by atoms with Crippen molar-refractivity contribution in [1.82, 2.24) is 5.32 Å². The second kappa shape index (κ2) is 8.65. The number of nitrogens with one attached hydrogen (secondary N) is 2. The Hall–Kier alpha value is -2.54. The Kier molecular flexibility index (Phi) is 6.24. The van der Waals surface area contributed by atoms with E-state index in [1.807, 2.05) is 0 Å². The number of anilines is 1. The van der Waals surface area contributed by atoms with E-state index in [-0.39, 0.29) is 16.8 Å². The first-order chi connectivity index (χ1) is 13.4. The first kappa shape index (κ1) is 20.2. The van der Waals surface area contributed by atoms with Gasteiger partial charge in [-0.05, 0) is 49.1 Å². The molecule has 2 aromatic rings. The molecule has 3 rings (SSSR count). The Morgan fingerprint density at radius 1 is 1.07 bits per heavy atom. The van der Waals surface area contributed by atoms with Crippen LogP contribution in [0, 0.1) is 5.92 Å². The number of ether oxygens (including phenoxy) is 1. The van der Waals surface area contributed by atoms with Gasteiger partial charge in [-0.3, -0.25) is 9.52 Å². The molecule has 28 heavy (non-hydrogen) atoms. The average Bonchev–Trinajstić information content (AvgIpc) is 2.70. The number of hydrogen-bond acceptors (Lipinski definition) is 4. The average molecular weight is 403 g/mol. The second-order valence-electron chi connectivity index (χ2n) is 7.18. The lowest BCUT2D eigenvalue weighted by Gasteiger charge is -2.29. The van der Waals surface area contributed by atoms with Crippen LogP contribution in [0.1, 0.15) is 43.0 Å². The van der Waals surface area contributed by atoms with Crippen LogP contribution < -0.4 is 14.8 Å². The van der Waals surface area contributed by atoms with Crippen molar-refractivity contribution in [2.45, 2.75) is 43.5 Å². The lowest BCUT2D eigenvalue weighted by molar-refractivity contribution is 0.0910. The molecule has 0 saturated heterocycles. The standard InChI is InChI=1S/C21H26N2O4S/c1-15-8-3-4-11-18(15)22-21(24)16-9-7-10-17(14-16)28(25,26)23-19-12-5-6-13-20(19)27-2/h5-7,9-10,12-15,18,23H,3-4,8,11H2,1-2H3,(H,22,24)/t15-,18-/m0/s1. The van der Waals surface area contributed by atoms with Crippen molar-refractivity contribution in [1.29, 1.82) is 0 Å². The molecule has 1 aliphatic carbocycles. The molecule has 2 aromatic carbocycles. The van der Waals surface area contributed by atoms with Crippen molar-refractivity contribution in [2.75, 3.05) is 11.8 Å². The number of amides is 1. The van der Waals surface area contributed by atoms with Crippen LogP contribution in [0.3, 0.4) is 0 Å². The maximum atomic E-state index is 12.8. The van der Waals surface area contributed by atoms with E-state index in [4.69, 9.17) is 4.74 Å². The zero-order chi connectivity index (χ0) is 20.1. The Morgan fingerprint density at radius 2 is 1.82 bits per heavy atom. The van der Waals surface area contributed by atoms with E-state index in [1.54, 1.807) is 36.4 Å². The van der Waals surface area contributed by atoms with E-state index >= 15 is 0 Å². The summed E-state index contributed by atoms with van der Waals surface area (Å²) in [5, 5.41) is 3.06. The number of para-hydroxylation sites is 2. The molecule has 7 heteroatoms. The molecule has 1 saturated carbocycles. The van der Waals surface area contributed by atoms with Gasteiger partial charge in [0, 0.05) is 11.6 Å². The highest BCUT2D eigenvalue weighted by Crippen LogP contribution is 2.27. The molecule has 0 spiro atoms. The molecule has 150 valence electrons. The molecule has 0 bridgehead atoms. The number of methoxy groups -OCH3 is 1. The van der Waals surface area contributed by atoms with Crippen molar-refractivity contribution in [2.24, 2.45) is 5.92 Å². The van der Waals surface area contributed by atoms with Crippen LogP contribution in [-0.4, -0.2) is 27.5 Å². The number of benzene rings is 2. The molecule has 1 fully saturated rings. The van der Waals surface area contributed by atoms with E-state index in [0.717, 1.165) is 19.3 Å². The zero-order valence-electron chi connectivity index (χ0n) is 16.1. The molecule has 1 aliphatic rings. The van der Waals surface area contributed by atoms with Crippen LogP contribution >= 0.6 is 0 Å². The summed E-state index contributed by atoms with van der Waals surface area (Å²) in [6.07, 6.45) is 4.35. The summed E-state index contributed by atoms with van der Waals surface area (Å²) < 4.78 is 33.3. The third kappa shape index (κ3) is 4.65. The fraction of sp³-hybridized carbons (Fsp3) is 0.381. The normalized spacial score (nSPS) is 19.6. The monoisotopic (exact) mass is 402 g/mol. The van der Waals surface area contributed by atoms with Gasteiger partial charge in [0.05, 0.1) is 17.7 Å². The minimum absolute atomic E-state index is 0.0303. The van der Waals surface area contributed by atoms with Crippen LogP contribution in [0.2, 0.25) is 0 Å². The molecule has 6 nitrogen and oxygen atoms in total. The first-order valence-electron chi connectivity index (χ1n) is 9.47. The van der Waals surface area contributed by atoms with Crippen molar-refractivity contribution >= 4 is 21.6 Å². The summed E-state index contributed by atoms with van der Waals surface area (Å²) >= 11 is 0. The number of hydrogen-bond donors (Lipinski definition) is 2. The lowest BCUT2D eigenvalue weighted by atomic mass is 9.86. The summed E-state index contributed by atoms with van der Waals surface area (Å²) in [7, 11) is -2.38. The smallest absolute Gasteiger partial charge is 0.262 e. The van der Waals surface area contributed by atoms with E-state index < -0.39 is 10.0 Å². The minimum atomic E-state index is -3.86. The summed E-state index contributed by atoms with van der Waals surface area (Å²) in [4.78, 5) is 12.7. The van der Waals surface area contributed by atoms with E-state index in [0.29, 0.717) is 22.9 Å². The molecule has 0 aliphatic heterocycles. The Balaban J connectivity index is 1.78. The summed E-state index contributed by atoms with van der Waals surface area (Å²) in [5.41, 5.74) is 0.677. The molecule has 0 aromatic heterocycles. The van der Waals surface area contributed by atoms with E-state index in [2.05, 4.69) is 17.0 Å². The maximum absolute atomic E-state index is 12.8. The predicted octanol–water partition coefficient (Wildman–Crippen LogP) is 3.80. The van der Waals surface area contributed by atoms with Gasteiger partial charge in [-0.1, -0.05) is 38.0 Å². The molecule has 1 amide bonds. The quantitative estimate of drug-likeness (QED) is 0.770. The molecule has 0 heterocycles. The second-order valence-corrected chi connectivity index (χ2v) is 8.86. The highest BCUT2D eigenvalue weighted by Gasteiger charge is 2.24. The van der Waals surface area contributed by atoms with Gasteiger partial charge in [0.15, 0.2) is 0 Å². The molecule has 0 radical (unpaired) electrons. The van der Waals surface area contributed by atoms with Gasteiger partial charge in [-0.25, -0.2) is 8.42 Å². The highest BCUT2D eigenvalue weighted by molar-refractivity contribution is 7.92. The highest BCUT2D eigenvalue weighted by atomic mass is 32.2. The summed E-state index contributed by atoms with van der Waals surface area (Å²) in [5.74, 6) is 0.608. The van der Waals surface area contributed by atoms with Crippen molar-refractivity contribution < 1.29 is 17.9 Å². The SMILES string of the molecule is COc1ccccc1NS(=O)(=O)c1cccc(C(=O)N[C@H]2CCCC[C@@H]2C)c1. The Labute approximate surface area is 166 Å². The molecule has 2 atom stereocenters. The van der Waals surface area contributed by atoms with Crippen LogP contribution in [0.15, 0.2) is 53.4 Å². The van der Waals surface area contributed by atoms with Gasteiger partial charge in [0.2, 0.25) is 0 Å². The van der Waals surface area contributed by atoms with Gasteiger partial charge < -0.3 is 10.1 Å².